The fourth-order valence-electron chi connectivity index (χ4n) is 17.0. The number of fused-ring (bicyclic) bond motifs is 3. The molecule has 3 unspecified atom stereocenters. The van der Waals surface area contributed by atoms with Crippen LogP contribution >= 0.6 is 11.6 Å². The number of rotatable bonds is 15. The van der Waals surface area contributed by atoms with Crippen molar-refractivity contribution in [2.45, 2.75) is 269 Å². The normalized spacial score (nSPS) is 31.4. The summed E-state index contributed by atoms with van der Waals surface area (Å²) in [5, 5.41) is 10.1. The molecule has 0 aromatic heterocycles. The minimum atomic E-state index is -4.53. The molecule has 0 radical (unpaired) electrons. The minimum absolute atomic E-state index is 0.00728. The smallest absolute Gasteiger partial charge is 0.377 e. The first-order valence-corrected chi connectivity index (χ1v) is 38.5. The van der Waals surface area contributed by atoms with Gasteiger partial charge in [-0.05, 0) is 113 Å². The Morgan fingerprint density at radius 1 is 0.683 bits per heavy atom. The van der Waals surface area contributed by atoms with Crippen LogP contribution in [0.3, 0.4) is 0 Å². The Balaban J connectivity index is 1.48. The molecule has 0 aromatic carbocycles. The number of carbonyl (C=O) groups excluding carboxylic acids is 12. The lowest BCUT2D eigenvalue weighted by molar-refractivity contribution is -0.182. The fourth-order valence-corrected chi connectivity index (χ4v) is 17.5. The van der Waals surface area contributed by atoms with E-state index in [1.165, 1.54) is 83.6 Å². The number of amides is 12. The quantitative estimate of drug-likeness (QED) is 0.102. The zero-order chi connectivity index (χ0) is 77.6. The maximum absolute atomic E-state index is 15.7. The summed E-state index contributed by atoms with van der Waals surface area (Å²) in [6.45, 7) is 15.8. The monoisotopic (exact) mass is 1490 g/mol. The van der Waals surface area contributed by atoms with Crippen LogP contribution in [-0.4, -0.2) is 264 Å². The molecular formula is C75H122ClF3N12O13. The summed E-state index contributed by atoms with van der Waals surface area (Å²) in [5.74, 6) is -10.9. The number of halogens is 4. The third kappa shape index (κ3) is 21.2. The Labute approximate surface area is 619 Å². The molecule has 3 aliphatic carbocycles. The molecule has 3 aliphatic heterocycles. The van der Waals surface area contributed by atoms with E-state index in [0.717, 1.165) is 30.6 Å². The highest BCUT2D eigenvalue weighted by Crippen LogP contribution is 2.50. The maximum atomic E-state index is 15.7. The molecular weight excluding hydrogens is 1370 g/mol. The molecule has 0 aromatic rings. The molecule has 6 rings (SSSR count). The molecule has 25 nitrogen and oxygen atoms in total. The third-order valence-electron chi connectivity index (χ3n) is 23.5. The van der Waals surface area contributed by atoms with E-state index in [-0.39, 0.29) is 96.2 Å². The van der Waals surface area contributed by atoms with Crippen LogP contribution in [-0.2, 0) is 62.3 Å². The van der Waals surface area contributed by atoms with E-state index < -0.39 is 191 Å². The van der Waals surface area contributed by atoms with Gasteiger partial charge in [0.25, 0.3) is 0 Å². The summed E-state index contributed by atoms with van der Waals surface area (Å²) in [5.41, 5.74) is -2.20. The lowest BCUT2D eigenvalue weighted by Crippen LogP contribution is -2.71. The molecule has 6 aliphatic rings. The van der Waals surface area contributed by atoms with Gasteiger partial charge in [0, 0.05) is 80.8 Å². The van der Waals surface area contributed by atoms with Gasteiger partial charge in [-0.2, -0.15) is 13.2 Å². The number of nitrogens with one attached hydrogen (secondary N) is 4. The maximum Gasteiger partial charge on any atom is 0.393 e. The number of likely N-dealkylation sites (N-methyl/N-ethyl adjacent to an activating group) is 7. The lowest BCUT2D eigenvalue weighted by atomic mass is 9.58. The van der Waals surface area contributed by atoms with Gasteiger partial charge in [-0.25, -0.2) is 0 Å². The standard InChI is InChI=1S/C75H122ClF3N12O13/c1-17-25-54-65(96)82-62(46(7)18-2)70(101)85(12)42-61(94)87(14)55-26-23-22-24-35-90(69(55)100)58(37-48-29-27-45(6)28-30-48)68(99)84(11)41-59(92)81-53(34-32-47-31-33-51(52(76)36-47)75(77,78)79)67(98)91-40-50(104-21-5)38-57(91)66(97)83-74(43-73(8,9)44-74)72(103)89(16)63(49(19-3)20-4)71(102)88(15)56(64(95)80-10)39-60(93)86(54)13/h22-23,45-58,62-63H,17-21,24-44H2,1-16H3,(H,80,95)(H,81,92)(H,82,96)(H,83,97)/b23-22-/t45?,46-,47?,48?,50+,51?,52?,53-,54-,55-,56-,57-,58-,62-,63-/m0/s1. The lowest BCUT2D eigenvalue weighted by Gasteiger charge is -2.54. The predicted molar refractivity (Wildman–Crippen MR) is 387 cm³/mol. The van der Waals surface area contributed by atoms with Crippen LogP contribution in [0.1, 0.15) is 197 Å². The zero-order valence-corrected chi connectivity index (χ0v) is 65.4. The van der Waals surface area contributed by atoms with E-state index in [0.29, 0.717) is 38.0 Å². The summed E-state index contributed by atoms with van der Waals surface area (Å²) >= 11 is 6.46. The van der Waals surface area contributed by atoms with Crippen LogP contribution in [0, 0.1) is 40.9 Å². The van der Waals surface area contributed by atoms with Crippen molar-refractivity contribution >= 4 is 82.5 Å². The van der Waals surface area contributed by atoms with Crippen LogP contribution in [0.5, 0.6) is 0 Å². The van der Waals surface area contributed by atoms with Gasteiger partial charge in [0.15, 0.2) is 0 Å². The molecule has 29 heteroatoms. The number of hydrogen-bond donors (Lipinski definition) is 4. The van der Waals surface area contributed by atoms with Gasteiger partial charge >= 0.3 is 6.18 Å². The van der Waals surface area contributed by atoms with E-state index in [9.17, 15) is 41.9 Å². The van der Waals surface area contributed by atoms with Crippen molar-refractivity contribution in [2.24, 2.45) is 40.9 Å². The van der Waals surface area contributed by atoms with Gasteiger partial charge in [-0.15, -0.1) is 11.6 Å². The summed E-state index contributed by atoms with van der Waals surface area (Å²) in [7, 11) is 9.83. The number of ether oxygens (including phenoxy) is 1. The summed E-state index contributed by atoms with van der Waals surface area (Å²) < 4.78 is 48.5. The third-order valence-corrected chi connectivity index (χ3v) is 23.9. The minimum Gasteiger partial charge on any atom is -0.377 e. The highest BCUT2D eigenvalue weighted by molar-refractivity contribution is 6.21. The van der Waals surface area contributed by atoms with E-state index in [4.69, 9.17) is 16.3 Å². The number of carbonyl (C=O) groups is 12. The molecule has 588 valence electrons. The highest BCUT2D eigenvalue weighted by atomic mass is 35.5. The largest absolute Gasteiger partial charge is 0.393 e. The molecule has 5 fully saturated rings. The van der Waals surface area contributed by atoms with Crippen molar-refractivity contribution in [1.82, 2.24) is 60.5 Å². The molecule has 2 saturated heterocycles. The average molecular weight is 1490 g/mol. The molecule has 4 N–H and O–H groups in total. The molecule has 3 saturated carbocycles. The Hall–Kier alpha value is -6.58. The highest BCUT2D eigenvalue weighted by Gasteiger charge is 2.59. The first-order chi connectivity index (χ1) is 48.8. The van der Waals surface area contributed by atoms with E-state index in [1.807, 2.05) is 47.6 Å². The van der Waals surface area contributed by atoms with Crippen LogP contribution in [0.25, 0.3) is 0 Å². The van der Waals surface area contributed by atoms with E-state index in [2.05, 4.69) is 28.2 Å². The van der Waals surface area contributed by atoms with Crippen LogP contribution in [0.2, 0.25) is 0 Å². The fraction of sp³-hybridized carbons (Fsp3) is 0.813. The second-order valence-electron chi connectivity index (χ2n) is 31.7. The van der Waals surface area contributed by atoms with Crippen LogP contribution < -0.4 is 21.3 Å². The van der Waals surface area contributed by atoms with Crippen LogP contribution in [0.15, 0.2) is 12.2 Å². The Morgan fingerprint density at radius 3 is 1.89 bits per heavy atom. The SMILES string of the molecule is CCC[C@H]1C(=O)N[C@@H]([C@@H](C)CC)C(=O)N(C)CC(=O)N(C)[C@H]2C/C=C\CCN(C2=O)[C@@H](CC2CCC(C)CC2)C(=O)N(C)CC(=O)N[C@@H](CCC2CCC(C(F)(F)F)C(Cl)C2)C(=O)N2C[C@H](OCC)C[C@H]2C(=O)NC2(CC(C)(C)C2)C(=O)N(C)[C@@H](C(CC)CC)C(=O)N(C)[C@H](C(=O)NC)CC(=O)N1C. The van der Waals surface area contributed by atoms with Crippen molar-refractivity contribution in [3.63, 3.8) is 0 Å². The topological polar surface area (TPSA) is 288 Å². The van der Waals surface area contributed by atoms with E-state index in [1.54, 1.807) is 19.9 Å². The van der Waals surface area contributed by atoms with Crippen molar-refractivity contribution in [3.05, 3.63) is 12.2 Å². The van der Waals surface area contributed by atoms with Gasteiger partial charge in [0.2, 0.25) is 70.9 Å². The number of nitrogens with zero attached hydrogens (tertiary/aromatic N) is 8. The second-order valence-corrected chi connectivity index (χ2v) is 32.2. The molecule has 13 atom stereocenters. The molecule has 3 heterocycles. The Bertz CT molecular complexity index is 3070. The number of hydrogen-bond acceptors (Lipinski definition) is 13. The molecule has 104 heavy (non-hydrogen) atoms. The summed E-state index contributed by atoms with van der Waals surface area (Å²) in [6, 6.07) is -10.2. The van der Waals surface area contributed by atoms with Gasteiger partial charge in [0.05, 0.1) is 31.5 Å². The van der Waals surface area contributed by atoms with Gasteiger partial charge in [0.1, 0.15) is 53.9 Å². The van der Waals surface area contributed by atoms with Gasteiger partial charge in [-0.3, -0.25) is 57.5 Å². The molecule has 2 bridgehead atoms. The van der Waals surface area contributed by atoms with Gasteiger partial charge in [-0.1, -0.05) is 119 Å². The van der Waals surface area contributed by atoms with E-state index >= 15 is 28.8 Å². The van der Waals surface area contributed by atoms with Crippen molar-refractivity contribution in [3.8, 4) is 0 Å². The molecule has 12 amide bonds. The van der Waals surface area contributed by atoms with Gasteiger partial charge < -0.3 is 65.2 Å². The van der Waals surface area contributed by atoms with Crippen LogP contribution in [0.4, 0.5) is 13.2 Å². The Morgan fingerprint density at radius 2 is 1.32 bits per heavy atom. The van der Waals surface area contributed by atoms with Crippen molar-refractivity contribution < 1.29 is 75.4 Å². The first kappa shape index (κ1) is 86.3. The first-order valence-electron chi connectivity index (χ1n) is 38.1. The zero-order valence-electron chi connectivity index (χ0n) is 64.7. The summed E-state index contributed by atoms with van der Waals surface area (Å²) in [4.78, 5) is 191. The summed E-state index contributed by atoms with van der Waals surface area (Å²) in [6.07, 6.45) is 3.33. The van der Waals surface area contributed by atoms with Crippen molar-refractivity contribution in [2.75, 3.05) is 82.1 Å². The number of alkyl halides is 4. The average Bonchev–Trinajstić information content (AvgIpc) is 0.865. The van der Waals surface area contributed by atoms with Crippen molar-refractivity contribution in [1.29, 1.82) is 0 Å². The Kier molecular flexibility index (Phi) is 31.4. The predicted octanol–water partition coefficient (Wildman–Crippen LogP) is 6.42. The second kappa shape index (κ2) is 37.8. The molecule has 1 spiro atoms.